The van der Waals surface area contributed by atoms with Crippen LogP contribution in [0.25, 0.3) is 11.3 Å². The van der Waals surface area contributed by atoms with Gasteiger partial charge in [-0.2, -0.15) is 0 Å². The molecule has 88 valence electrons. The Hall–Kier alpha value is -2.10. The molecule has 0 atom stereocenters. The number of methoxy groups -OCH3 is 1. The lowest BCUT2D eigenvalue weighted by Crippen LogP contribution is -1.93. The van der Waals surface area contributed by atoms with Gasteiger partial charge in [-0.3, -0.25) is 4.79 Å². The molecule has 4 heteroatoms. The summed E-state index contributed by atoms with van der Waals surface area (Å²) in [4.78, 5) is 10.5. The molecule has 0 saturated carbocycles. The van der Waals surface area contributed by atoms with Crippen LogP contribution in [0, 0.1) is 12.7 Å². The van der Waals surface area contributed by atoms with Crippen molar-refractivity contribution in [1.29, 1.82) is 0 Å². The number of benzene rings is 1. The van der Waals surface area contributed by atoms with Gasteiger partial charge in [0.05, 0.1) is 12.7 Å². The summed E-state index contributed by atoms with van der Waals surface area (Å²) in [7, 11) is 1.47. The number of ether oxygens (including phenoxy) is 1. The number of halogens is 1. The summed E-state index contributed by atoms with van der Waals surface area (Å²) in [6.07, 6.45) is 0.617. The van der Waals surface area contributed by atoms with Crippen LogP contribution in [0.3, 0.4) is 0 Å². The highest BCUT2D eigenvalue weighted by atomic mass is 19.1. The van der Waals surface area contributed by atoms with Gasteiger partial charge < -0.3 is 9.15 Å². The Morgan fingerprint density at radius 1 is 1.29 bits per heavy atom. The Kier molecular flexibility index (Phi) is 2.95. The highest BCUT2D eigenvalue weighted by molar-refractivity contribution is 5.74. The fraction of sp³-hybridized carbons (Fsp3) is 0.154. The van der Waals surface area contributed by atoms with E-state index in [9.17, 15) is 9.18 Å². The first-order valence-corrected chi connectivity index (χ1v) is 5.06. The van der Waals surface area contributed by atoms with Crippen molar-refractivity contribution < 1.29 is 18.3 Å². The summed E-state index contributed by atoms with van der Waals surface area (Å²) in [6, 6.07) is 6.12. The molecule has 0 radical (unpaired) electrons. The lowest BCUT2D eigenvalue weighted by molar-refractivity contribution is 0.110. The van der Waals surface area contributed by atoms with Crippen molar-refractivity contribution in [2.45, 2.75) is 6.92 Å². The predicted molar refractivity (Wildman–Crippen MR) is 60.8 cm³/mol. The number of aldehydes is 1. The smallest absolute Gasteiger partial charge is 0.185 e. The van der Waals surface area contributed by atoms with Crippen LogP contribution in [0.4, 0.5) is 4.39 Å². The number of carbonyl (C=O) groups excluding carboxylic acids is 1. The van der Waals surface area contributed by atoms with E-state index < -0.39 is 0 Å². The van der Waals surface area contributed by atoms with E-state index >= 15 is 0 Å². The Morgan fingerprint density at radius 3 is 2.65 bits per heavy atom. The Bertz CT molecular complexity index is 558. The number of carbonyl (C=O) groups is 1. The summed E-state index contributed by atoms with van der Waals surface area (Å²) in [5, 5.41) is 0. The predicted octanol–water partition coefficient (Wildman–Crippen LogP) is 3.22. The highest BCUT2D eigenvalue weighted by Crippen LogP contribution is 2.34. The van der Waals surface area contributed by atoms with Gasteiger partial charge in [0.2, 0.25) is 0 Å². The number of rotatable bonds is 3. The standard InChI is InChI=1S/C13H11FO3/c1-8-11(14)5-4-10(13(8)16-2)12-6-3-9(7-15)17-12/h3-7H,1-2H3. The van der Waals surface area contributed by atoms with Gasteiger partial charge in [-0.1, -0.05) is 0 Å². The minimum atomic E-state index is -0.340. The zero-order valence-corrected chi connectivity index (χ0v) is 9.49. The van der Waals surface area contributed by atoms with Crippen molar-refractivity contribution in [3.05, 3.63) is 41.4 Å². The van der Waals surface area contributed by atoms with Crippen molar-refractivity contribution in [3.8, 4) is 17.1 Å². The van der Waals surface area contributed by atoms with Gasteiger partial charge in [-0.25, -0.2) is 4.39 Å². The molecule has 0 fully saturated rings. The normalized spacial score (nSPS) is 10.3. The third kappa shape index (κ3) is 1.93. The van der Waals surface area contributed by atoms with E-state index in [-0.39, 0.29) is 11.6 Å². The van der Waals surface area contributed by atoms with Gasteiger partial charge in [0.1, 0.15) is 17.3 Å². The van der Waals surface area contributed by atoms with Gasteiger partial charge in [0, 0.05) is 5.56 Å². The van der Waals surface area contributed by atoms with Gasteiger partial charge in [-0.15, -0.1) is 0 Å². The summed E-state index contributed by atoms with van der Waals surface area (Å²) >= 11 is 0. The summed E-state index contributed by atoms with van der Waals surface area (Å²) in [6.45, 7) is 1.63. The molecule has 0 saturated heterocycles. The average molecular weight is 234 g/mol. The Labute approximate surface area is 97.8 Å². The van der Waals surface area contributed by atoms with E-state index in [0.717, 1.165) is 0 Å². The van der Waals surface area contributed by atoms with Crippen molar-refractivity contribution in [2.24, 2.45) is 0 Å². The zero-order valence-electron chi connectivity index (χ0n) is 9.49. The summed E-state index contributed by atoms with van der Waals surface area (Å²) < 4.78 is 23.8. The molecule has 1 heterocycles. The van der Waals surface area contributed by atoms with E-state index in [1.807, 2.05) is 0 Å². The topological polar surface area (TPSA) is 39.4 Å². The highest BCUT2D eigenvalue weighted by Gasteiger charge is 2.14. The van der Waals surface area contributed by atoms with Gasteiger partial charge >= 0.3 is 0 Å². The molecular weight excluding hydrogens is 223 g/mol. The monoisotopic (exact) mass is 234 g/mol. The van der Waals surface area contributed by atoms with Crippen LogP contribution in [0.15, 0.2) is 28.7 Å². The van der Waals surface area contributed by atoms with Crippen LogP contribution in [0.1, 0.15) is 16.1 Å². The molecule has 17 heavy (non-hydrogen) atoms. The van der Waals surface area contributed by atoms with Crippen LogP contribution in [-0.4, -0.2) is 13.4 Å². The maximum atomic E-state index is 13.4. The molecule has 0 N–H and O–H groups in total. The minimum absolute atomic E-state index is 0.226. The second-order valence-electron chi connectivity index (χ2n) is 3.57. The second-order valence-corrected chi connectivity index (χ2v) is 3.57. The molecule has 1 aromatic carbocycles. The quantitative estimate of drug-likeness (QED) is 0.765. The molecule has 0 aliphatic heterocycles. The molecule has 1 aromatic heterocycles. The fourth-order valence-electron chi connectivity index (χ4n) is 1.69. The third-order valence-corrected chi connectivity index (χ3v) is 2.55. The number of furan rings is 1. The zero-order chi connectivity index (χ0) is 12.4. The van der Waals surface area contributed by atoms with E-state index in [2.05, 4.69) is 0 Å². The maximum absolute atomic E-state index is 13.4. The largest absolute Gasteiger partial charge is 0.496 e. The molecule has 0 bridgehead atoms. The molecule has 0 aliphatic carbocycles. The van der Waals surface area contributed by atoms with Crippen LogP contribution in [0.2, 0.25) is 0 Å². The van der Waals surface area contributed by atoms with Crippen molar-refractivity contribution in [2.75, 3.05) is 7.11 Å². The van der Waals surface area contributed by atoms with E-state index in [0.29, 0.717) is 28.9 Å². The lowest BCUT2D eigenvalue weighted by atomic mass is 10.1. The van der Waals surface area contributed by atoms with E-state index in [1.54, 1.807) is 25.1 Å². The fourth-order valence-corrected chi connectivity index (χ4v) is 1.69. The molecule has 0 amide bonds. The molecular formula is C13H11FO3. The molecule has 0 aliphatic rings. The van der Waals surface area contributed by atoms with Gasteiger partial charge in [-0.05, 0) is 31.2 Å². The molecule has 2 aromatic rings. The molecule has 2 rings (SSSR count). The summed E-state index contributed by atoms with van der Waals surface area (Å²) in [5.74, 6) is 0.778. The first-order valence-electron chi connectivity index (χ1n) is 5.06. The first kappa shape index (κ1) is 11.4. The van der Waals surface area contributed by atoms with E-state index in [1.165, 1.54) is 13.2 Å². The van der Waals surface area contributed by atoms with Crippen molar-refractivity contribution in [1.82, 2.24) is 0 Å². The molecule has 0 unspecified atom stereocenters. The van der Waals surface area contributed by atoms with Crippen LogP contribution < -0.4 is 4.74 Å². The van der Waals surface area contributed by atoms with E-state index in [4.69, 9.17) is 9.15 Å². The maximum Gasteiger partial charge on any atom is 0.185 e. The van der Waals surface area contributed by atoms with Gasteiger partial charge in [0.15, 0.2) is 12.0 Å². The third-order valence-electron chi connectivity index (χ3n) is 2.55. The SMILES string of the molecule is COc1c(-c2ccc(C=O)o2)ccc(F)c1C. The van der Waals surface area contributed by atoms with Crippen LogP contribution in [0.5, 0.6) is 5.75 Å². The van der Waals surface area contributed by atoms with Crippen molar-refractivity contribution >= 4 is 6.29 Å². The van der Waals surface area contributed by atoms with Crippen molar-refractivity contribution in [3.63, 3.8) is 0 Å². The van der Waals surface area contributed by atoms with Crippen LogP contribution in [-0.2, 0) is 0 Å². The van der Waals surface area contributed by atoms with Gasteiger partial charge in [0.25, 0.3) is 0 Å². The minimum Gasteiger partial charge on any atom is -0.496 e. The average Bonchev–Trinajstić information content (AvgIpc) is 2.81. The van der Waals surface area contributed by atoms with Crippen LogP contribution >= 0.6 is 0 Å². The Balaban J connectivity index is 2.58. The number of hydrogen-bond acceptors (Lipinski definition) is 3. The second kappa shape index (κ2) is 4.41. The lowest BCUT2D eigenvalue weighted by Gasteiger charge is -2.09. The first-order chi connectivity index (χ1) is 8.17. The number of hydrogen-bond donors (Lipinski definition) is 0. The Morgan fingerprint density at radius 2 is 2.06 bits per heavy atom. The molecule has 0 spiro atoms. The summed E-state index contributed by atoms with van der Waals surface area (Å²) in [5.41, 5.74) is 1.04. The molecule has 3 nitrogen and oxygen atoms in total.